The van der Waals surface area contributed by atoms with Gasteiger partial charge in [0.15, 0.2) is 0 Å². The van der Waals surface area contributed by atoms with Crippen LogP contribution < -0.4 is 5.32 Å². The van der Waals surface area contributed by atoms with Gasteiger partial charge in [0.2, 0.25) is 0 Å². The Morgan fingerprint density at radius 3 is 2.35 bits per heavy atom. The molecule has 0 heterocycles. The van der Waals surface area contributed by atoms with E-state index < -0.39 is 0 Å². The Morgan fingerprint density at radius 1 is 0.742 bits per heavy atom. The summed E-state index contributed by atoms with van der Waals surface area (Å²) in [4.78, 5) is 0. The number of hydrogen-bond donors (Lipinski definition) is 1. The van der Waals surface area contributed by atoms with Crippen LogP contribution >= 0.6 is 0 Å². The Kier molecular flexibility index (Phi) is 5.55. The van der Waals surface area contributed by atoms with Gasteiger partial charge in [0.05, 0.1) is 0 Å². The van der Waals surface area contributed by atoms with Crippen LogP contribution in [0.15, 0.2) is 48.5 Å². The number of para-hydroxylation sites is 1. The molecule has 0 aliphatic heterocycles. The van der Waals surface area contributed by atoms with Crippen LogP contribution in [0.2, 0.25) is 0 Å². The van der Waals surface area contributed by atoms with E-state index in [1.165, 1.54) is 74.7 Å². The predicted octanol–water partition coefficient (Wildman–Crippen LogP) is 8.48. The first-order valence-electron chi connectivity index (χ1n) is 13.3. The summed E-state index contributed by atoms with van der Waals surface area (Å²) in [5, 5.41) is 3.74. The number of fused-ring (bicyclic) bond motifs is 4. The van der Waals surface area contributed by atoms with Gasteiger partial charge >= 0.3 is 0 Å². The SMILES string of the molecule is c1ccc(Nc2ccc(C3CCCCC3)cc2)c(CCC2CC3CC(C2)C2CC2C3)c1. The summed E-state index contributed by atoms with van der Waals surface area (Å²) in [5.41, 5.74) is 5.59. The molecule has 5 atom stereocenters. The summed E-state index contributed by atoms with van der Waals surface area (Å²) in [6.07, 6.45) is 17.3. The van der Waals surface area contributed by atoms with Crippen LogP contribution in [0.4, 0.5) is 11.4 Å². The van der Waals surface area contributed by atoms with E-state index in [1.54, 1.807) is 24.8 Å². The van der Waals surface area contributed by atoms with Crippen molar-refractivity contribution in [1.29, 1.82) is 0 Å². The highest BCUT2D eigenvalue weighted by molar-refractivity contribution is 5.63. The maximum Gasteiger partial charge on any atom is 0.0416 e. The largest absolute Gasteiger partial charge is 0.355 e. The lowest BCUT2D eigenvalue weighted by Gasteiger charge is -2.39. The normalized spacial score (nSPS) is 32.3. The average Bonchev–Trinajstić information content (AvgIpc) is 3.59. The van der Waals surface area contributed by atoms with Gasteiger partial charge in [0, 0.05) is 11.4 Å². The van der Waals surface area contributed by atoms with Crippen molar-refractivity contribution in [3.8, 4) is 0 Å². The molecule has 4 saturated carbocycles. The maximum absolute atomic E-state index is 3.74. The lowest BCUT2D eigenvalue weighted by molar-refractivity contribution is 0.123. The van der Waals surface area contributed by atoms with E-state index in [0.717, 1.165) is 35.5 Å². The van der Waals surface area contributed by atoms with Crippen molar-refractivity contribution >= 4 is 11.4 Å². The van der Waals surface area contributed by atoms with E-state index in [1.807, 2.05) is 0 Å². The minimum atomic E-state index is 0.788. The third-order valence-electron chi connectivity index (χ3n) is 9.26. The molecule has 0 saturated heterocycles. The molecule has 0 spiro atoms. The molecule has 4 aliphatic rings. The van der Waals surface area contributed by atoms with Crippen molar-refractivity contribution in [3.63, 3.8) is 0 Å². The number of anilines is 2. The van der Waals surface area contributed by atoms with Crippen LogP contribution in [0.3, 0.4) is 0 Å². The second kappa shape index (κ2) is 8.64. The number of nitrogens with one attached hydrogen (secondary N) is 1. The summed E-state index contributed by atoms with van der Waals surface area (Å²) < 4.78 is 0. The Bertz CT molecular complexity index is 878. The molecule has 0 aromatic heterocycles. The first-order chi connectivity index (χ1) is 15.3. The van der Waals surface area contributed by atoms with E-state index in [9.17, 15) is 0 Å². The average molecular weight is 414 g/mol. The van der Waals surface area contributed by atoms with E-state index in [4.69, 9.17) is 0 Å². The molecule has 2 aromatic carbocycles. The van der Waals surface area contributed by atoms with E-state index in [0.29, 0.717) is 0 Å². The Balaban J connectivity index is 1.08. The first kappa shape index (κ1) is 19.9. The number of hydrogen-bond acceptors (Lipinski definition) is 1. The molecule has 0 amide bonds. The zero-order chi connectivity index (χ0) is 20.6. The lowest BCUT2D eigenvalue weighted by atomic mass is 9.67. The van der Waals surface area contributed by atoms with Crippen LogP contribution in [0.5, 0.6) is 0 Å². The Hall–Kier alpha value is -1.76. The van der Waals surface area contributed by atoms with Crippen molar-refractivity contribution in [2.45, 2.75) is 83.0 Å². The monoisotopic (exact) mass is 413 g/mol. The van der Waals surface area contributed by atoms with Gasteiger partial charge in [0.1, 0.15) is 0 Å². The lowest BCUT2D eigenvalue weighted by Crippen LogP contribution is -2.28. The number of benzene rings is 2. The van der Waals surface area contributed by atoms with Crippen LogP contribution in [0, 0.1) is 29.6 Å². The summed E-state index contributed by atoms with van der Waals surface area (Å²) in [7, 11) is 0. The molecule has 5 unspecified atom stereocenters. The fourth-order valence-electron chi connectivity index (χ4n) is 7.59. The summed E-state index contributed by atoms with van der Waals surface area (Å²) in [5.74, 6) is 6.16. The van der Waals surface area contributed by atoms with Crippen LogP contribution in [0.1, 0.15) is 87.7 Å². The van der Waals surface area contributed by atoms with Gasteiger partial charge in [-0.15, -0.1) is 0 Å². The van der Waals surface area contributed by atoms with Crippen molar-refractivity contribution in [1.82, 2.24) is 0 Å². The fourth-order valence-corrected chi connectivity index (χ4v) is 7.59. The maximum atomic E-state index is 3.74. The molecule has 4 aliphatic carbocycles. The van der Waals surface area contributed by atoms with E-state index in [-0.39, 0.29) is 0 Å². The van der Waals surface area contributed by atoms with Crippen molar-refractivity contribution in [2.75, 3.05) is 5.32 Å². The Morgan fingerprint density at radius 2 is 1.52 bits per heavy atom. The number of aryl methyl sites for hydroxylation is 1. The predicted molar refractivity (Wildman–Crippen MR) is 131 cm³/mol. The second-order valence-corrected chi connectivity index (χ2v) is 11.4. The van der Waals surface area contributed by atoms with Crippen LogP contribution in [-0.2, 0) is 6.42 Å². The molecule has 1 heteroatoms. The molecular weight excluding hydrogens is 374 g/mol. The molecule has 1 N–H and O–H groups in total. The quantitative estimate of drug-likeness (QED) is 0.500. The molecule has 0 radical (unpaired) electrons. The highest BCUT2D eigenvalue weighted by Crippen LogP contribution is 2.60. The van der Waals surface area contributed by atoms with E-state index >= 15 is 0 Å². The fraction of sp³-hybridized carbons (Fsp3) is 0.600. The van der Waals surface area contributed by atoms with Gasteiger partial charge in [-0.05, 0) is 123 Å². The topological polar surface area (TPSA) is 12.0 Å². The van der Waals surface area contributed by atoms with Gasteiger partial charge in [-0.25, -0.2) is 0 Å². The molecular formula is C30H39N. The van der Waals surface area contributed by atoms with Gasteiger partial charge in [-0.1, -0.05) is 49.6 Å². The molecule has 6 rings (SSSR count). The molecule has 1 nitrogen and oxygen atoms in total. The van der Waals surface area contributed by atoms with Gasteiger partial charge < -0.3 is 5.32 Å². The third-order valence-corrected chi connectivity index (χ3v) is 9.26. The van der Waals surface area contributed by atoms with Crippen LogP contribution in [0.25, 0.3) is 0 Å². The molecule has 31 heavy (non-hydrogen) atoms. The van der Waals surface area contributed by atoms with Gasteiger partial charge in [-0.2, -0.15) is 0 Å². The van der Waals surface area contributed by atoms with Crippen LogP contribution in [-0.4, -0.2) is 0 Å². The summed E-state index contributed by atoms with van der Waals surface area (Å²) in [6.45, 7) is 0. The zero-order valence-corrected chi connectivity index (χ0v) is 19.1. The molecule has 2 bridgehead atoms. The third kappa shape index (κ3) is 4.43. The van der Waals surface area contributed by atoms with Gasteiger partial charge in [-0.3, -0.25) is 0 Å². The standard InChI is InChI=1S/C30H39N/c1-2-6-23(7-3-1)24-12-14-28(15-13-24)31-30-9-5-4-8-25(30)11-10-21-16-22-18-26(17-21)29-20-27(29)19-22/h4-5,8-9,12-15,21-23,26-27,29,31H,1-3,6-7,10-11,16-20H2. The van der Waals surface area contributed by atoms with Gasteiger partial charge in [0.25, 0.3) is 0 Å². The minimum absolute atomic E-state index is 0.788. The van der Waals surface area contributed by atoms with E-state index in [2.05, 4.69) is 53.8 Å². The summed E-state index contributed by atoms with van der Waals surface area (Å²) in [6, 6.07) is 18.4. The number of rotatable bonds is 6. The zero-order valence-electron chi connectivity index (χ0n) is 19.1. The van der Waals surface area contributed by atoms with Crippen molar-refractivity contribution in [2.24, 2.45) is 29.6 Å². The van der Waals surface area contributed by atoms with Crippen molar-refractivity contribution < 1.29 is 0 Å². The molecule has 2 aromatic rings. The summed E-state index contributed by atoms with van der Waals surface area (Å²) >= 11 is 0. The highest BCUT2D eigenvalue weighted by atomic mass is 14.9. The Labute approximate surface area is 189 Å². The highest BCUT2D eigenvalue weighted by Gasteiger charge is 2.50. The molecule has 164 valence electrons. The molecule has 4 fully saturated rings. The first-order valence-corrected chi connectivity index (χ1v) is 13.3. The second-order valence-electron chi connectivity index (χ2n) is 11.4. The smallest absolute Gasteiger partial charge is 0.0416 e. The van der Waals surface area contributed by atoms with Crippen molar-refractivity contribution in [3.05, 3.63) is 59.7 Å². The minimum Gasteiger partial charge on any atom is -0.355 e.